The standard InChI is InChI=1S/C32H33F3N8O2/c1-45-28-9-5-22(20-37-28)21-4-7-26-24(18-21)30-29(31(44)42(26)17-16-40-12-2-3-13-40)38-39-43(30)23-6-8-27(25(19-23)32(33,34)35)41-14-10-36-11-15-41/h4-9,18-20,36H,2-3,10-17H2,1H3. The molecule has 5 heterocycles. The van der Waals surface area contributed by atoms with Crippen LogP contribution in [0.1, 0.15) is 18.4 Å². The number of halogens is 3. The van der Waals surface area contributed by atoms with Gasteiger partial charge in [-0.3, -0.25) is 4.79 Å². The molecule has 0 unspecified atom stereocenters. The summed E-state index contributed by atoms with van der Waals surface area (Å²) in [7, 11) is 1.55. The number of nitrogens with zero attached hydrogens (tertiary/aromatic N) is 7. The van der Waals surface area contributed by atoms with Gasteiger partial charge in [0, 0.05) is 68.2 Å². The molecular weight excluding hydrogens is 585 g/mol. The third kappa shape index (κ3) is 5.50. The Bertz CT molecular complexity index is 1910. The minimum atomic E-state index is -4.59. The first-order chi connectivity index (χ1) is 21.8. The fraction of sp³-hybridized carbons (Fsp3) is 0.375. The van der Waals surface area contributed by atoms with Gasteiger partial charge in [0.2, 0.25) is 5.88 Å². The Labute approximate surface area is 257 Å². The van der Waals surface area contributed by atoms with Crippen molar-refractivity contribution in [3.05, 3.63) is 70.6 Å². The quantitative estimate of drug-likeness (QED) is 0.288. The summed E-state index contributed by atoms with van der Waals surface area (Å²) < 4.78 is 51.6. The Morgan fingerprint density at radius 2 is 1.71 bits per heavy atom. The number of nitrogens with one attached hydrogen (secondary N) is 1. The van der Waals surface area contributed by atoms with Gasteiger partial charge < -0.3 is 24.4 Å². The van der Waals surface area contributed by atoms with Crippen LogP contribution in [0.3, 0.4) is 0 Å². The van der Waals surface area contributed by atoms with Crippen LogP contribution in [-0.4, -0.2) is 82.4 Å². The average Bonchev–Trinajstić information content (AvgIpc) is 3.75. The number of fused-ring (bicyclic) bond motifs is 3. The molecule has 2 saturated heterocycles. The number of hydrogen-bond acceptors (Lipinski definition) is 8. The van der Waals surface area contributed by atoms with Gasteiger partial charge in [-0.05, 0) is 67.9 Å². The molecule has 5 aromatic rings. The maximum absolute atomic E-state index is 14.5. The molecule has 2 aromatic carbocycles. The highest BCUT2D eigenvalue weighted by Gasteiger charge is 2.36. The van der Waals surface area contributed by atoms with Gasteiger partial charge in [0.25, 0.3) is 5.56 Å². The van der Waals surface area contributed by atoms with Gasteiger partial charge >= 0.3 is 6.18 Å². The number of ether oxygens (including phenoxy) is 1. The van der Waals surface area contributed by atoms with Crippen LogP contribution in [0, 0.1) is 0 Å². The highest BCUT2D eigenvalue weighted by atomic mass is 19.4. The van der Waals surface area contributed by atoms with Crippen LogP contribution in [0.25, 0.3) is 38.8 Å². The molecule has 0 aliphatic carbocycles. The van der Waals surface area contributed by atoms with Crippen LogP contribution in [0.5, 0.6) is 5.88 Å². The molecule has 3 aromatic heterocycles. The molecule has 0 saturated carbocycles. The molecule has 7 rings (SSSR count). The van der Waals surface area contributed by atoms with Crippen molar-refractivity contribution in [3.8, 4) is 22.7 Å². The lowest BCUT2D eigenvalue weighted by atomic mass is 10.0. The molecule has 234 valence electrons. The summed E-state index contributed by atoms with van der Waals surface area (Å²) in [6, 6.07) is 13.6. The number of rotatable bonds is 7. The van der Waals surface area contributed by atoms with Gasteiger partial charge in [-0.15, -0.1) is 5.10 Å². The second-order valence-electron chi connectivity index (χ2n) is 11.5. The van der Waals surface area contributed by atoms with Crippen molar-refractivity contribution in [2.75, 3.05) is 57.8 Å². The molecule has 0 spiro atoms. The van der Waals surface area contributed by atoms with Crippen molar-refractivity contribution < 1.29 is 17.9 Å². The molecule has 0 amide bonds. The number of methoxy groups -OCH3 is 1. The minimum absolute atomic E-state index is 0.105. The van der Waals surface area contributed by atoms with E-state index >= 15 is 0 Å². The summed E-state index contributed by atoms with van der Waals surface area (Å²) >= 11 is 0. The number of benzene rings is 2. The first-order valence-electron chi connectivity index (χ1n) is 15.1. The number of aromatic nitrogens is 5. The number of piperazine rings is 1. The zero-order valence-corrected chi connectivity index (χ0v) is 24.8. The number of anilines is 1. The van der Waals surface area contributed by atoms with Crippen LogP contribution in [0.4, 0.5) is 18.9 Å². The SMILES string of the molecule is COc1ccc(-c2ccc3c(c2)c2c(nnn2-c2ccc(N4CCNCC4)c(C(F)(F)F)c2)c(=O)n3CCN2CCCC2)cn1. The van der Waals surface area contributed by atoms with Crippen LogP contribution in [0.15, 0.2) is 59.5 Å². The van der Waals surface area contributed by atoms with Gasteiger partial charge in [-0.1, -0.05) is 11.3 Å². The van der Waals surface area contributed by atoms with E-state index in [1.165, 1.54) is 10.7 Å². The van der Waals surface area contributed by atoms with E-state index in [0.717, 1.165) is 43.1 Å². The fourth-order valence-electron chi connectivity index (χ4n) is 6.43. The van der Waals surface area contributed by atoms with Crippen molar-refractivity contribution in [1.82, 2.24) is 34.8 Å². The van der Waals surface area contributed by atoms with Gasteiger partial charge in [0.15, 0.2) is 5.52 Å². The van der Waals surface area contributed by atoms with E-state index in [1.807, 2.05) is 24.3 Å². The smallest absolute Gasteiger partial charge is 0.418 e. The summed E-state index contributed by atoms with van der Waals surface area (Å²) in [5.41, 5.74) is 1.99. The lowest BCUT2D eigenvalue weighted by Gasteiger charge is -2.31. The monoisotopic (exact) mass is 618 g/mol. The second kappa shape index (κ2) is 11.8. The largest absolute Gasteiger partial charge is 0.481 e. The summed E-state index contributed by atoms with van der Waals surface area (Å²) in [6.45, 7) is 5.30. The van der Waals surface area contributed by atoms with Gasteiger partial charge in [-0.25, -0.2) is 9.67 Å². The highest BCUT2D eigenvalue weighted by molar-refractivity contribution is 6.04. The average molecular weight is 619 g/mol. The van der Waals surface area contributed by atoms with Crippen molar-refractivity contribution in [2.24, 2.45) is 0 Å². The Morgan fingerprint density at radius 3 is 2.42 bits per heavy atom. The predicted molar refractivity (Wildman–Crippen MR) is 166 cm³/mol. The predicted octanol–water partition coefficient (Wildman–Crippen LogP) is 4.33. The van der Waals surface area contributed by atoms with E-state index < -0.39 is 11.7 Å². The van der Waals surface area contributed by atoms with Crippen LogP contribution in [0.2, 0.25) is 0 Å². The number of pyridine rings is 2. The molecule has 13 heteroatoms. The molecule has 45 heavy (non-hydrogen) atoms. The van der Waals surface area contributed by atoms with Crippen molar-refractivity contribution >= 4 is 27.6 Å². The van der Waals surface area contributed by atoms with E-state index in [4.69, 9.17) is 4.74 Å². The summed E-state index contributed by atoms with van der Waals surface area (Å²) in [5, 5.41) is 12.4. The van der Waals surface area contributed by atoms with Gasteiger partial charge in [0.1, 0.15) is 5.52 Å². The van der Waals surface area contributed by atoms with E-state index in [0.29, 0.717) is 61.6 Å². The Balaban J connectivity index is 1.41. The molecule has 2 aliphatic heterocycles. The lowest BCUT2D eigenvalue weighted by Crippen LogP contribution is -2.44. The number of likely N-dealkylation sites (tertiary alicyclic amines) is 1. The Hall–Kier alpha value is -4.49. The van der Waals surface area contributed by atoms with Crippen LogP contribution < -0.4 is 20.5 Å². The maximum Gasteiger partial charge on any atom is 0.418 e. The first kappa shape index (κ1) is 29.2. The van der Waals surface area contributed by atoms with Crippen LogP contribution in [-0.2, 0) is 12.7 Å². The highest BCUT2D eigenvalue weighted by Crippen LogP contribution is 2.39. The second-order valence-corrected chi connectivity index (χ2v) is 11.5. The molecule has 1 N–H and O–H groups in total. The summed E-state index contributed by atoms with van der Waals surface area (Å²) in [5.74, 6) is 0.477. The first-order valence-corrected chi connectivity index (χ1v) is 15.1. The molecule has 0 radical (unpaired) electrons. The van der Waals surface area contributed by atoms with E-state index in [-0.39, 0.29) is 22.5 Å². The summed E-state index contributed by atoms with van der Waals surface area (Å²) in [4.78, 5) is 22.3. The topological polar surface area (TPSA) is 93.3 Å². The molecule has 2 aliphatic rings. The zero-order valence-electron chi connectivity index (χ0n) is 24.8. The number of alkyl halides is 3. The minimum Gasteiger partial charge on any atom is -0.481 e. The normalized spacial score (nSPS) is 16.2. The van der Waals surface area contributed by atoms with Crippen molar-refractivity contribution in [2.45, 2.75) is 25.6 Å². The van der Waals surface area contributed by atoms with E-state index in [9.17, 15) is 18.0 Å². The lowest BCUT2D eigenvalue weighted by molar-refractivity contribution is -0.137. The van der Waals surface area contributed by atoms with Gasteiger partial charge in [-0.2, -0.15) is 13.2 Å². The summed E-state index contributed by atoms with van der Waals surface area (Å²) in [6.07, 6.45) is -0.628. The van der Waals surface area contributed by atoms with E-state index in [1.54, 1.807) is 34.9 Å². The van der Waals surface area contributed by atoms with Gasteiger partial charge in [0.05, 0.1) is 23.9 Å². The van der Waals surface area contributed by atoms with E-state index in [2.05, 4.69) is 25.5 Å². The van der Waals surface area contributed by atoms with Crippen molar-refractivity contribution in [3.63, 3.8) is 0 Å². The third-order valence-electron chi connectivity index (χ3n) is 8.77. The van der Waals surface area contributed by atoms with Crippen LogP contribution >= 0.6 is 0 Å². The molecule has 10 nitrogen and oxygen atoms in total. The zero-order chi connectivity index (χ0) is 31.1. The maximum atomic E-state index is 14.5. The van der Waals surface area contributed by atoms with Crippen molar-refractivity contribution in [1.29, 1.82) is 0 Å². The molecule has 0 bridgehead atoms. The third-order valence-corrected chi connectivity index (χ3v) is 8.77. The number of hydrogen-bond donors (Lipinski definition) is 1. The fourth-order valence-corrected chi connectivity index (χ4v) is 6.43. The molecular formula is C32H33F3N8O2. The Morgan fingerprint density at radius 1 is 0.933 bits per heavy atom. The molecule has 2 fully saturated rings. The Kier molecular flexibility index (Phi) is 7.66. The molecule has 0 atom stereocenters.